The summed E-state index contributed by atoms with van der Waals surface area (Å²) in [5.74, 6) is -1.57. The molecule has 1 aliphatic rings. The summed E-state index contributed by atoms with van der Waals surface area (Å²) in [7, 11) is 0. The normalized spacial score (nSPS) is 19.7. The van der Waals surface area contributed by atoms with E-state index in [0.717, 1.165) is 15.6 Å². The van der Waals surface area contributed by atoms with Gasteiger partial charge in [0.1, 0.15) is 5.76 Å². The van der Waals surface area contributed by atoms with Crippen LogP contribution in [0, 0.1) is 6.92 Å². The van der Waals surface area contributed by atoms with Crippen LogP contribution in [0.4, 0.5) is 0 Å². The highest BCUT2D eigenvalue weighted by Crippen LogP contribution is 2.33. The molecule has 23 heavy (non-hydrogen) atoms. The summed E-state index contributed by atoms with van der Waals surface area (Å²) in [5.41, 5.74) is 2.38. The van der Waals surface area contributed by atoms with Crippen LogP contribution in [-0.2, 0) is 9.59 Å². The Kier molecular flexibility index (Phi) is 4.05. The van der Waals surface area contributed by atoms with Gasteiger partial charge in [-0.2, -0.15) is 0 Å². The van der Waals surface area contributed by atoms with Crippen molar-refractivity contribution in [1.29, 1.82) is 0 Å². The predicted octanol–water partition coefficient (Wildman–Crippen LogP) is 3.47. The number of rotatable bonds is 2. The second-order valence-corrected chi connectivity index (χ2v) is 6.33. The highest BCUT2D eigenvalue weighted by atomic mass is 79.9. The molecule has 0 radical (unpaired) electrons. The Morgan fingerprint density at radius 1 is 1.04 bits per heavy atom. The molecule has 5 heteroatoms. The number of ketones is 1. The zero-order valence-corrected chi connectivity index (χ0v) is 13.9. The maximum absolute atomic E-state index is 12.2. The second kappa shape index (κ2) is 6.01. The first-order chi connectivity index (χ1) is 11.0. The lowest BCUT2D eigenvalue weighted by Crippen LogP contribution is -2.21. The molecule has 1 heterocycles. The average Bonchev–Trinajstić information content (AvgIpc) is 2.84. The van der Waals surface area contributed by atoms with E-state index in [-0.39, 0.29) is 11.3 Å². The lowest BCUT2D eigenvalue weighted by atomic mass is 9.95. The molecule has 1 fully saturated rings. The van der Waals surface area contributed by atoms with Crippen molar-refractivity contribution in [3.05, 3.63) is 75.3 Å². The fraction of sp³-hybridized carbons (Fsp3) is 0.111. The van der Waals surface area contributed by atoms with E-state index in [2.05, 4.69) is 21.2 Å². The SMILES string of the molecule is Cc1ccc(C(O)=C2C(=O)C(=O)NC2c2ccc(Br)cc2)cc1. The van der Waals surface area contributed by atoms with Gasteiger partial charge in [0.15, 0.2) is 0 Å². The molecule has 0 spiro atoms. The van der Waals surface area contributed by atoms with Crippen molar-refractivity contribution in [3.63, 3.8) is 0 Å². The van der Waals surface area contributed by atoms with E-state index in [1.165, 1.54) is 0 Å². The maximum atomic E-state index is 12.2. The van der Waals surface area contributed by atoms with E-state index in [4.69, 9.17) is 0 Å². The average molecular weight is 372 g/mol. The number of amides is 1. The Morgan fingerprint density at radius 2 is 1.65 bits per heavy atom. The standard InChI is InChI=1S/C18H14BrNO3/c1-10-2-4-12(5-3-10)16(21)14-15(20-18(23)17(14)22)11-6-8-13(19)9-7-11/h2-9,15,21H,1H3,(H,20,23). The van der Waals surface area contributed by atoms with E-state index in [0.29, 0.717) is 5.56 Å². The Morgan fingerprint density at radius 3 is 2.26 bits per heavy atom. The van der Waals surface area contributed by atoms with Gasteiger partial charge in [-0.05, 0) is 24.6 Å². The molecule has 2 aromatic rings. The van der Waals surface area contributed by atoms with E-state index < -0.39 is 17.7 Å². The van der Waals surface area contributed by atoms with Crippen LogP contribution in [0.2, 0.25) is 0 Å². The van der Waals surface area contributed by atoms with Gasteiger partial charge in [-0.1, -0.05) is 57.9 Å². The zero-order chi connectivity index (χ0) is 16.6. The first-order valence-electron chi connectivity index (χ1n) is 7.08. The van der Waals surface area contributed by atoms with Crippen molar-refractivity contribution in [2.75, 3.05) is 0 Å². The lowest BCUT2D eigenvalue weighted by Gasteiger charge is -2.14. The number of carbonyl (C=O) groups excluding carboxylic acids is 2. The third-order valence-corrected chi connectivity index (χ3v) is 4.33. The van der Waals surface area contributed by atoms with Crippen molar-refractivity contribution in [2.24, 2.45) is 0 Å². The van der Waals surface area contributed by atoms with Gasteiger partial charge < -0.3 is 10.4 Å². The smallest absolute Gasteiger partial charge is 0.293 e. The summed E-state index contributed by atoms with van der Waals surface area (Å²) in [5, 5.41) is 13.2. The summed E-state index contributed by atoms with van der Waals surface area (Å²) in [6.45, 7) is 1.93. The highest BCUT2D eigenvalue weighted by molar-refractivity contribution is 9.10. The minimum absolute atomic E-state index is 0.0844. The van der Waals surface area contributed by atoms with Gasteiger partial charge in [0.25, 0.3) is 11.7 Å². The van der Waals surface area contributed by atoms with Gasteiger partial charge in [0, 0.05) is 10.0 Å². The molecular weight excluding hydrogens is 358 g/mol. The molecule has 2 N–H and O–H groups in total. The molecule has 0 aromatic heterocycles. The number of Topliss-reactive ketones (excluding diaryl/α,β-unsaturated/α-hetero) is 1. The minimum Gasteiger partial charge on any atom is -0.507 e. The van der Waals surface area contributed by atoms with Crippen LogP contribution in [0.15, 0.2) is 58.6 Å². The third kappa shape index (κ3) is 2.92. The van der Waals surface area contributed by atoms with E-state index >= 15 is 0 Å². The van der Waals surface area contributed by atoms with Crippen LogP contribution in [0.25, 0.3) is 5.76 Å². The number of aryl methyl sites for hydroxylation is 1. The molecule has 1 atom stereocenters. The summed E-state index contributed by atoms with van der Waals surface area (Å²) < 4.78 is 0.894. The van der Waals surface area contributed by atoms with Crippen LogP contribution >= 0.6 is 15.9 Å². The van der Waals surface area contributed by atoms with Gasteiger partial charge in [-0.15, -0.1) is 0 Å². The van der Waals surface area contributed by atoms with Crippen LogP contribution < -0.4 is 5.32 Å². The molecule has 1 amide bonds. The van der Waals surface area contributed by atoms with E-state index in [1.807, 2.05) is 31.2 Å². The van der Waals surface area contributed by atoms with Crippen LogP contribution in [0.1, 0.15) is 22.7 Å². The lowest BCUT2D eigenvalue weighted by molar-refractivity contribution is -0.133. The van der Waals surface area contributed by atoms with Crippen molar-refractivity contribution < 1.29 is 14.7 Å². The fourth-order valence-electron chi connectivity index (χ4n) is 2.54. The van der Waals surface area contributed by atoms with Crippen LogP contribution in [0.5, 0.6) is 0 Å². The summed E-state index contributed by atoms with van der Waals surface area (Å²) in [6, 6.07) is 13.7. The number of nitrogens with one attached hydrogen (secondary N) is 1. The molecule has 0 aliphatic carbocycles. The van der Waals surface area contributed by atoms with Crippen molar-refractivity contribution in [2.45, 2.75) is 13.0 Å². The first kappa shape index (κ1) is 15.5. The molecule has 0 saturated carbocycles. The molecule has 0 bridgehead atoms. The topological polar surface area (TPSA) is 66.4 Å². The molecule has 1 saturated heterocycles. The molecule has 116 valence electrons. The Hall–Kier alpha value is -2.40. The number of hydrogen-bond acceptors (Lipinski definition) is 3. The fourth-order valence-corrected chi connectivity index (χ4v) is 2.80. The third-order valence-electron chi connectivity index (χ3n) is 3.80. The van der Waals surface area contributed by atoms with Crippen molar-refractivity contribution in [1.82, 2.24) is 5.32 Å². The number of aliphatic hydroxyl groups is 1. The van der Waals surface area contributed by atoms with Crippen LogP contribution in [0.3, 0.4) is 0 Å². The minimum atomic E-state index is -0.702. The summed E-state index contributed by atoms with van der Waals surface area (Å²) >= 11 is 3.35. The number of hydrogen-bond donors (Lipinski definition) is 2. The van der Waals surface area contributed by atoms with Crippen molar-refractivity contribution in [3.8, 4) is 0 Å². The summed E-state index contributed by atoms with van der Waals surface area (Å²) in [6.07, 6.45) is 0. The number of halogens is 1. The first-order valence-corrected chi connectivity index (χ1v) is 7.87. The Bertz CT molecular complexity index is 807. The molecular formula is C18H14BrNO3. The quantitative estimate of drug-likeness (QED) is 0.482. The zero-order valence-electron chi connectivity index (χ0n) is 12.3. The molecule has 3 rings (SSSR count). The largest absolute Gasteiger partial charge is 0.507 e. The monoisotopic (exact) mass is 371 g/mol. The number of aliphatic hydroxyl groups excluding tert-OH is 1. The predicted molar refractivity (Wildman–Crippen MR) is 90.8 cm³/mol. The van der Waals surface area contributed by atoms with Gasteiger partial charge in [0.2, 0.25) is 0 Å². The molecule has 2 aromatic carbocycles. The van der Waals surface area contributed by atoms with Crippen molar-refractivity contribution >= 4 is 33.4 Å². The second-order valence-electron chi connectivity index (χ2n) is 5.42. The van der Waals surface area contributed by atoms with Gasteiger partial charge in [-0.3, -0.25) is 9.59 Å². The summed E-state index contributed by atoms with van der Waals surface area (Å²) in [4.78, 5) is 24.0. The van der Waals surface area contributed by atoms with E-state index in [1.54, 1.807) is 24.3 Å². The Balaban J connectivity index is 2.10. The van der Waals surface area contributed by atoms with Gasteiger partial charge in [0.05, 0.1) is 11.6 Å². The molecule has 4 nitrogen and oxygen atoms in total. The molecule has 1 unspecified atom stereocenters. The number of carbonyl (C=O) groups is 2. The Labute approximate surface area is 142 Å². The maximum Gasteiger partial charge on any atom is 0.293 e. The van der Waals surface area contributed by atoms with Gasteiger partial charge >= 0.3 is 0 Å². The van der Waals surface area contributed by atoms with E-state index in [9.17, 15) is 14.7 Å². The highest BCUT2D eigenvalue weighted by Gasteiger charge is 2.39. The van der Waals surface area contributed by atoms with Gasteiger partial charge in [-0.25, -0.2) is 0 Å². The number of benzene rings is 2. The van der Waals surface area contributed by atoms with Crippen LogP contribution in [-0.4, -0.2) is 16.8 Å². The molecule has 1 aliphatic heterocycles.